The van der Waals surface area contributed by atoms with Crippen molar-refractivity contribution in [1.82, 2.24) is 0 Å². The molecule has 330 valence electrons. The van der Waals surface area contributed by atoms with Crippen LogP contribution in [-0.2, 0) is 56.9 Å². The Labute approximate surface area is 336 Å². The zero-order valence-corrected chi connectivity index (χ0v) is 35.7. The van der Waals surface area contributed by atoms with E-state index in [1.807, 2.05) is 0 Å². The van der Waals surface area contributed by atoms with Gasteiger partial charge in [0.25, 0.3) is 0 Å². The molecule has 0 aliphatic rings. The van der Waals surface area contributed by atoms with Crippen LogP contribution >= 0.6 is 0 Å². The Balaban J connectivity index is 3.12. The number of hydrogen-bond donors (Lipinski definition) is 0. The molecular weight excluding hydrogens is 708 g/mol. The zero-order valence-electron chi connectivity index (χ0n) is 35.7. The molecule has 0 bridgehead atoms. The van der Waals surface area contributed by atoms with Crippen molar-refractivity contribution in [2.75, 3.05) is 139 Å². The van der Waals surface area contributed by atoms with Gasteiger partial charge in [0.05, 0.1) is 126 Å². The third-order valence-corrected chi connectivity index (χ3v) is 8.72. The number of rotatable bonds is 50. The van der Waals surface area contributed by atoms with Crippen LogP contribution in [0.2, 0.25) is 0 Å². The molecule has 0 aromatic carbocycles. The highest BCUT2D eigenvalue weighted by Gasteiger charge is 2.03. The fourth-order valence-corrected chi connectivity index (χ4v) is 5.46. The van der Waals surface area contributed by atoms with E-state index in [0.717, 1.165) is 25.9 Å². The molecule has 0 rings (SSSR count). The van der Waals surface area contributed by atoms with Crippen molar-refractivity contribution in [2.45, 2.75) is 136 Å². The molecule has 0 amide bonds. The Morgan fingerprint density at radius 3 is 0.764 bits per heavy atom. The van der Waals surface area contributed by atoms with Crippen molar-refractivity contribution in [2.24, 2.45) is 0 Å². The minimum atomic E-state index is -0.128. The van der Waals surface area contributed by atoms with E-state index in [4.69, 9.17) is 52.1 Å². The van der Waals surface area contributed by atoms with Crippen molar-refractivity contribution in [3.8, 4) is 0 Å². The van der Waals surface area contributed by atoms with Crippen molar-refractivity contribution in [3.05, 3.63) is 0 Å². The van der Waals surface area contributed by atoms with E-state index in [1.165, 1.54) is 96.3 Å². The third kappa shape index (κ3) is 51.1. The number of esters is 1. The van der Waals surface area contributed by atoms with Crippen LogP contribution in [0.4, 0.5) is 0 Å². The van der Waals surface area contributed by atoms with Crippen molar-refractivity contribution in [1.29, 1.82) is 0 Å². The molecule has 12 nitrogen and oxygen atoms in total. The van der Waals surface area contributed by atoms with Gasteiger partial charge in [-0.1, -0.05) is 117 Å². The lowest BCUT2D eigenvalue weighted by atomic mass is 10.0. The first-order valence-electron chi connectivity index (χ1n) is 22.2. The summed E-state index contributed by atoms with van der Waals surface area (Å²) in [6.45, 7) is 15.4. The van der Waals surface area contributed by atoms with E-state index in [2.05, 4.69) is 13.8 Å². The molecule has 12 heteroatoms. The maximum Gasteiger partial charge on any atom is 0.305 e. The number of carbonyl (C=O) groups excluding carboxylic acids is 1. The lowest BCUT2D eigenvalue weighted by Crippen LogP contribution is -2.15. The van der Waals surface area contributed by atoms with Gasteiger partial charge in [-0.05, 0) is 12.8 Å². The first kappa shape index (κ1) is 54.1. The fraction of sp³-hybridized carbons (Fsp3) is 0.977. The molecule has 0 radical (unpaired) electrons. The fourth-order valence-electron chi connectivity index (χ4n) is 5.46. The van der Waals surface area contributed by atoms with E-state index < -0.39 is 0 Å². The Morgan fingerprint density at radius 1 is 0.255 bits per heavy atom. The maximum absolute atomic E-state index is 11.9. The molecule has 0 saturated carbocycles. The van der Waals surface area contributed by atoms with E-state index in [0.29, 0.717) is 139 Å². The van der Waals surface area contributed by atoms with Crippen LogP contribution in [0.1, 0.15) is 136 Å². The van der Waals surface area contributed by atoms with Gasteiger partial charge >= 0.3 is 5.97 Å². The van der Waals surface area contributed by atoms with Crippen LogP contribution in [-0.4, -0.2) is 145 Å². The molecule has 0 heterocycles. The molecule has 0 aliphatic carbocycles. The quantitative estimate of drug-likeness (QED) is 0.0437. The summed E-state index contributed by atoms with van der Waals surface area (Å²) in [6.07, 6.45) is 23.8. The van der Waals surface area contributed by atoms with Gasteiger partial charge in [0.15, 0.2) is 0 Å². The minimum absolute atomic E-state index is 0.128. The van der Waals surface area contributed by atoms with Crippen LogP contribution in [0.3, 0.4) is 0 Å². The smallest absolute Gasteiger partial charge is 0.305 e. The number of unbranched alkanes of at least 4 members (excludes halogenated alkanes) is 16. The Bertz CT molecular complexity index is 703. The summed E-state index contributed by atoms with van der Waals surface area (Å²) in [4.78, 5) is 11.9. The first-order chi connectivity index (χ1) is 27.3. The summed E-state index contributed by atoms with van der Waals surface area (Å²) < 4.78 is 60.2. The minimum Gasteiger partial charge on any atom is -0.463 e. The molecule has 0 saturated heterocycles. The molecule has 55 heavy (non-hydrogen) atoms. The van der Waals surface area contributed by atoms with Gasteiger partial charge in [-0.25, -0.2) is 0 Å². The summed E-state index contributed by atoms with van der Waals surface area (Å²) in [7, 11) is 0. The highest BCUT2D eigenvalue weighted by Crippen LogP contribution is 2.14. The summed E-state index contributed by atoms with van der Waals surface area (Å²) in [5.74, 6) is -0.128. The lowest BCUT2D eigenvalue weighted by Gasteiger charge is -2.09. The Hall–Kier alpha value is -0.930. The number of ether oxygens (including phenoxy) is 11. The van der Waals surface area contributed by atoms with Crippen LogP contribution in [0.25, 0.3) is 0 Å². The molecule has 0 aromatic rings. The number of carbonyl (C=O) groups is 1. The van der Waals surface area contributed by atoms with Crippen LogP contribution < -0.4 is 0 Å². The standard InChI is InChI=1S/C43H86O12/c1-3-5-7-8-9-10-11-12-13-14-15-16-17-18-19-21-43(44)55-42-41-54-40-39-53-38-37-52-36-35-51-34-33-50-32-31-49-30-29-48-28-27-47-26-25-46-24-23-45-22-20-6-4-2/h3-42H2,1-2H3. The van der Waals surface area contributed by atoms with E-state index in [9.17, 15) is 4.79 Å². The Morgan fingerprint density at radius 2 is 0.473 bits per heavy atom. The van der Waals surface area contributed by atoms with Gasteiger partial charge in [0.1, 0.15) is 6.61 Å². The van der Waals surface area contributed by atoms with Gasteiger partial charge in [-0.15, -0.1) is 0 Å². The molecule has 0 aromatic heterocycles. The third-order valence-electron chi connectivity index (χ3n) is 8.72. The molecular formula is C43H86O12. The maximum atomic E-state index is 11.9. The van der Waals surface area contributed by atoms with Gasteiger partial charge in [-0.3, -0.25) is 4.79 Å². The largest absolute Gasteiger partial charge is 0.463 e. The van der Waals surface area contributed by atoms with Gasteiger partial charge in [0, 0.05) is 13.0 Å². The summed E-state index contributed by atoms with van der Waals surface area (Å²) >= 11 is 0. The van der Waals surface area contributed by atoms with Crippen LogP contribution in [0.5, 0.6) is 0 Å². The van der Waals surface area contributed by atoms with Gasteiger partial charge in [0.2, 0.25) is 0 Å². The molecule has 0 unspecified atom stereocenters. The monoisotopic (exact) mass is 795 g/mol. The first-order valence-corrected chi connectivity index (χ1v) is 22.2. The predicted octanol–water partition coefficient (Wildman–Crippen LogP) is 8.15. The van der Waals surface area contributed by atoms with E-state index in [-0.39, 0.29) is 5.97 Å². The molecule has 0 aliphatic heterocycles. The van der Waals surface area contributed by atoms with Crippen molar-refractivity contribution < 1.29 is 56.9 Å². The molecule has 0 spiro atoms. The van der Waals surface area contributed by atoms with Gasteiger partial charge < -0.3 is 52.1 Å². The van der Waals surface area contributed by atoms with Crippen molar-refractivity contribution in [3.63, 3.8) is 0 Å². The highest BCUT2D eigenvalue weighted by molar-refractivity contribution is 5.69. The average Bonchev–Trinajstić information content (AvgIpc) is 3.19. The molecule has 0 atom stereocenters. The average molecular weight is 795 g/mol. The topological polar surface area (TPSA) is 119 Å². The second-order valence-corrected chi connectivity index (χ2v) is 13.8. The summed E-state index contributed by atoms with van der Waals surface area (Å²) in [5.41, 5.74) is 0. The van der Waals surface area contributed by atoms with Crippen molar-refractivity contribution >= 4 is 5.97 Å². The number of hydrogen-bond acceptors (Lipinski definition) is 12. The highest BCUT2D eigenvalue weighted by atomic mass is 16.6. The second kappa shape index (κ2) is 51.1. The summed E-state index contributed by atoms with van der Waals surface area (Å²) in [6, 6.07) is 0. The second-order valence-electron chi connectivity index (χ2n) is 13.8. The lowest BCUT2D eigenvalue weighted by molar-refractivity contribution is -0.145. The van der Waals surface area contributed by atoms with Gasteiger partial charge in [-0.2, -0.15) is 0 Å². The van der Waals surface area contributed by atoms with Crippen LogP contribution in [0, 0.1) is 0 Å². The summed E-state index contributed by atoms with van der Waals surface area (Å²) in [5, 5.41) is 0. The van der Waals surface area contributed by atoms with Crippen LogP contribution in [0.15, 0.2) is 0 Å². The van der Waals surface area contributed by atoms with E-state index >= 15 is 0 Å². The normalized spacial score (nSPS) is 11.5. The predicted molar refractivity (Wildman–Crippen MR) is 218 cm³/mol. The Kier molecular flexibility index (Phi) is 50.2. The van der Waals surface area contributed by atoms with E-state index in [1.54, 1.807) is 0 Å². The molecule has 0 fully saturated rings. The molecule has 0 N–H and O–H groups in total. The SMILES string of the molecule is CCCCCCCCCCCCCCCCCC(=O)OCCOCCOCCOCCOCCOCCOCCOCCOCCOCCOCCCCC. The zero-order chi connectivity index (χ0) is 39.6.